The number of carbonyl (C=O) groups excluding carboxylic acids is 1. The van der Waals surface area contributed by atoms with Crippen LogP contribution < -0.4 is 11.1 Å². The normalized spacial score (nSPS) is 11.0. The molecule has 2 aromatic heterocycles. The van der Waals surface area contributed by atoms with E-state index < -0.39 is 11.6 Å². The highest BCUT2D eigenvalue weighted by molar-refractivity contribution is 5.89. The van der Waals surface area contributed by atoms with Gasteiger partial charge >= 0.3 is 0 Å². The molecule has 0 bridgehead atoms. The van der Waals surface area contributed by atoms with Crippen LogP contribution in [-0.2, 0) is 4.79 Å². The van der Waals surface area contributed by atoms with E-state index in [0.29, 0.717) is 28.1 Å². The van der Waals surface area contributed by atoms with Gasteiger partial charge in [0.2, 0.25) is 5.91 Å². The van der Waals surface area contributed by atoms with Gasteiger partial charge in [-0.2, -0.15) is 0 Å². The van der Waals surface area contributed by atoms with E-state index in [1.807, 2.05) is 24.3 Å². The Bertz CT molecular complexity index is 1540. The number of carbonyl (C=O) groups is 1. The number of anilines is 2. The molecule has 168 valence electrons. The van der Waals surface area contributed by atoms with Crippen molar-refractivity contribution in [1.82, 2.24) is 14.5 Å². The summed E-state index contributed by atoms with van der Waals surface area (Å²) in [4.78, 5) is 20.3. The average Bonchev–Trinajstić information content (AvgIpc) is 3.20. The molecule has 0 saturated heterocycles. The molecule has 0 aliphatic carbocycles. The number of nitrogens with zero attached hydrogens (tertiary/aromatic N) is 3. The maximum absolute atomic E-state index is 14.9. The second-order valence-electron chi connectivity index (χ2n) is 7.75. The Labute approximate surface area is 193 Å². The summed E-state index contributed by atoms with van der Waals surface area (Å²) in [7, 11) is 0. The van der Waals surface area contributed by atoms with Gasteiger partial charge in [-0.15, -0.1) is 0 Å². The first-order valence-corrected chi connectivity index (χ1v) is 10.5. The maximum Gasteiger partial charge on any atom is 0.221 e. The van der Waals surface area contributed by atoms with Crippen LogP contribution in [0.25, 0.3) is 39.2 Å². The zero-order valence-electron chi connectivity index (χ0n) is 18.1. The summed E-state index contributed by atoms with van der Waals surface area (Å²) in [6.45, 7) is 1.44. The van der Waals surface area contributed by atoms with Crippen LogP contribution in [0.3, 0.4) is 0 Å². The van der Waals surface area contributed by atoms with Crippen molar-refractivity contribution in [2.24, 2.45) is 0 Å². The van der Waals surface area contributed by atoms with Crippen LogP contribution in [0, 0.1) is 11.6 Å². The van der Waals surface area contributed by atoms with Gasteiger partial charge in [0.15, 0.2) is 11.6 Å². The van der Waals surface area contributed by atoms with Crippen molar-refractivity contribution < 1.29 is 13.6 Å². The van der Waals surface area contributed by atoms with E-state index in [0.717, 1.165) is 17.2 Å². The number of amides is 1. The first-order chi connectivity index (χ1) is 16.4. The number of fused-ring (bicyclic) bond motifs is 1. The summed E-state index contributed by atoms with van der Waals surface area (Å²) in [6.07, 6.45) is 1.63. The molecule has 0 aliphatic rings. The zero-order valence-corrected chi connectivity index (χ0v) is 18.1. The van der Waals surface area contributed by atoms with Crippen LogP contribution >= 0.6 is 0 Å². The summed E-state index contributed by atoms with van der Waals surface area (Å²) < 4.78 is 30.5. The Balaban J connectivity index is 1.69. The molecule has 5 rings (SSSR count). The van der Waals surface area contributed by atoms with E-state index in [2.05, 4.69) is 15.3 Å². The SMILES string of the molecule is CC(=O)Nc1ccc(-c2cnc(N)c(-c3nc4ccccc4n3-c3cccc(F)c3F)c2)cc1. The van der Waals surface area contributed by atoms with E-state index in [4.69, 9.17) is 5.73 Å². The van der Waals surface area contributed by atoms with E-state index in [1.54, 1.807) is 41.1 Å². The summed E-state index contributed by atoms with van der Waals surface area (Å²) in [5.74, 6) is -1.56. The van der Waals surface area contributed by atoms with Crippen LogP contribution in [0.1, 0.15) is 6.92 Å². The van der Waals surface area contributed by atoms with E-state index in [-0.39, 0.29) is 17.4 Å². The highest BCUT2D eigenvalue weighted by Gasteiger charge is 2.21. The number of nitrogens with two attached hydrogens (primary N) is 1. The van der Waals surface area contributed by atoms with E-state index >= 15 is 0 Å². The number of pyridine rings is 1. The molecule has 2 heterocycles. The lowest BCUT2D eigenvalue weighted by Crippen LogP contribution is -2.05. The molecule has 0 fully saturated rings. The standard InChI is InChI=1S/C26H19F2N5O/c1-15(34)31-18-11-9-16(10-12-18)17-13-19(25(29)30-14-17)26-32-21-6-2-3-7-22(21)33(26)23-8-4-5-20(27)24(23)28/h2-14H,1H3,(H2,29,30)(H,31,34). The van der Waals surface area contributed by atoms with Crippen molar-refractivity contribution in [2.45, 2.75) is 6.92 Å². The number of nitrogen functional groups attached to an aromatic ring is 1. The largest absolute Gasteiger partial charge is 0.383 e. The summed E-state index contributed by atoms with van der Waals surface area (Å²) in [5.41, 5.74) is 10.2. The van der Waals surface area contributed by atoms with Gasteiger partial charge in [0.25, 0.3) is 0 Å². The second kappa shape index (κ2) is 8.40. The topological polar surface area (TPSA) is 85.8 Å². The molecular formula is C26H19F2N5O. The first kappa shape index (κ1) is 21.3. The molecule has 0 unspecified atom stereocenters. The molecule has 5 aromatic rings. The first-order valence-electron chi connectivity index (χ1n) is 10.5. The molecule has 1 amide bonds. The number of benzene rings is 3. The molecule has 0 spiro atoms. The van der Waals surface area contributed by atoms with Crippen LogP contribution in [-0.4, -0.2) is 20.4 Å². The van der Waals surface area contributed by atoms with Gasteiger partial charge < -0.3 is 11.1 Å². The van der Waals surface area contributed by atoms with Gasteiger partial charge in [-0.05, 0) is 48.0 Å². The van der Waals surface area contributed by atoms with E-state index in [1.165, 1.54) is 19.1 Å². The molecule has 0 saturated carbocycles. The third kappa shape index (κ3) is 3.75. The van der Waals surface area contributed by atoms with Crippen molar-refractivity contribution in [3.8, 4) is 28.2 Å². The predicted molar refractivity (Wildman–Crippen MR) is 128 cm³/mol. The molecule has 0 aliphatic heterocycles. The van der Waals surface area contributed by atoms with Gasteiger partial charge in [0, 0.05) is 24.4 Å². The summed E-state index contributed by atoms with van der Waals surface area (Å²) in [6, 6.07) is 20.3. The second-order valence-corrected chi connectivity index (χ2v) is 7.75. The zero-order chi connectivity index (χ0) is 23.8. The van der Waals surface area contributed by atoms with Crippen LogP contribution in [0.2, 0.25) is 0 Å². The van der Waals surface area contributed by atoms with Crippen LogP contribution in [0.4, 0.5) is 20.3 Å². The lowest BCUT2D eigenvalue weighted by molar-refractivity contribution is -0.114. The summed E-state index contributed by atoms with van der Waals surface area (Å²) >= 11 is 0. The number of hydrogen-bond donors (Lipinski definition) is 2. The van der Waals surface area contributed by atoms with Crippen molar-refractivity contribution >= 4 is 28.4 Å². The number of imidazole rings is 1. The molecule has 8 heteroatoms. The fraction of sp³-hybridized carbons (Fsp3) is 0.0385. The fourth-order valence-electron chi connectivity index (χ4n) is 3.88. The average molecular weight is 455 g/mol. The quantitative estimate of drug-likeness (QED) is 0.371. The van der Waals surface area contributed by atoms with Crippen LogP contribution in [0.5, 0.6) is 0 Å². The van der Waals surface area contributed by atoms with Crippen molar-refractivity contribution in [3.63, 3.8) is 0 Å². The number of aromatic nitrogens is 3. The molecule has 6 nitrogen and oxygen atoms in total. The minimum atomic E-state index is -0.983. The van der Waals surface area contributed by atoms with Crippen LogP contribution in [0.15, 0.2) is 79.0 Å². The third-order valence-electron chi connectivity index (χ3n) is 5.43. The van der Waals surface area contributed by atoms with Gasteiger partial charge in [-0.1, -0.05) is 30.3 Å². The number of hydrogen-bond acceptors (Lipinski definition) is 4. The molecule has 0 radical (unpaired) electrons. The van der Waals surface area contributed by atoms with Crippen molar-refractivity contribution in [1.29, 1.82) is 0 Å². The number of halogens is 2. The fourth-order valence-corrected chi connectivity index (χ4v) is 3.88. The van der Waals surface area contributed by atoms with Gasteiger partial charge in [0.05, 0.1) is 22.3 Å². The number of nitrogens with one attached hydrogen (secondary N) is 1. The predicted octanol–water partition coefficient (Wildman–Crippen LogP) is 5.57. The molecule has 3 aromatic carbocycles. The van der Waals surface area contributed by atoms with Gasteiger partial charge in [-0.3, -0.25) is 9.36 Å². The Morgan fingerprint density at radius 3 is 2.50 bits per heavy atom. The Hall–Kier alpha value is -4.59. The van der Waals surface area contributed by atoms with Gasteiger partial charge in [-0.25, -0.2) is 18.7 Å². The lowest BCUT2D eigenvalue weighted by atomic mass is 10.0. The highest BCUT2D eigenvalue weighted by atomic mass is 19.2. The monoisotopic (exact) mass is 455 g/mol. The lowest BCUT2D eigenvalue weighted by Gasteiger charge is -2.13. The van der Waals surface area contributed by atoms with Gasteiger partial charge in [0.1, 0.15) is 11.6 Å². The molecule has 3 N–H and O–H groups in total. The minimum absolute atomic E-state index is 0.0214. The van der Waals surface area contributed by atoms with Crippen molar-refractivity contribution in [3.05, 3.63) is 90.6 Å². The number of rotatable bonds is 4. The maximum atomic E-state index is 14.9. The molecule has 34 heavy (non-hydrogen) atoms. The van der Waals surface area contributed by atoms with E-state index in [9.17, 15) is 13.6 Å². The third-order valence-corrected chi connectivity index (χ3v) is 5.43. The minimum Gasteiger partial charge on any atom is -0.383 e. The highest BCUT2D eigenvalue weighted by Crippen LogP contribution is 2.34. The summed E-state index contributed by atoms with van der Waals surface area (Å²) in [5, 5.41) is 2.73. The Morgan fingerprint density at radius 1 is 0.971 bits per heavy atom. The Morgan fingerprint density at radius 2 is 1.74 bits per heavy atom. The van der Waals surface area contributed by atoms with Crippen molar-refractivity contribution in [2.75, 3.05) is 11.1 Å². The molecule has 0 atom stereocenters. The smallest absolute Gasteiger partial charge is 0.221 e. The number of para-hydroxylation sites is 2. The molecular weight excluding hydrogens is 436 g/mol. The Kier molecular flexibility index (Phi) is 5.25.